The van der Waals surface area contributed by atoms with Crippen LogP contribution < -0.4 is 10.6 Å². The molecule has 20 heavy (non-hydrogen) atoms. The average molecular weight is 293 g/mol. The number of nitrogens with one attached hydrogen (secondary N) is 2. The van der Waals surface area contributed by atoms with Crippen molar-refractivity contribution >= 4 is 23.5 Å². The van der Waals surface area contributed by atoms with Gasteiger partial charge in [-0.05, 0) is 56.2 Å². The van der Waals surface area contributed by atoms with E-state index in [1.807, 2.05) is 37.7 Å². The van der Waals surface area contributed by atoms with E-state index in [4.69, 9.17) is 0 Å². The Balaban J connectivity index is 1.93. The predicted molar refractivity (Wildman–Crippen MR) is 85.5 cm³/mol. The van der Waals surface area contributed by atoms with E-state index in [1.54, 1.807) is 0 Å². The Bertz CT molecular complexity index is 458. The van der Waals surface area contributed by atoms with Gasteiger partial charge in [-0.25, -0.2) is 4.98 Å². The summed E-state index contributed by atoms with van der Waals surface area (Å²) in [5, 5.41) is 6.22. The summed E-state index contributed by atoms with van der Waals surface area (Å²) >= 11 is 2.01. The molecule has 0 aromatic carbocycles. The van der Waals surface area contributed by atoms with Crippen molar-refractivity contribution in [3.63, 3.8) is 0 Å². The molecule has 0 radical (unpaired) electrons. The lowest BCUT2D eigenvalue weighted by Crippen LogP contribution is -2.31. The van der Waals surface area contributed by atoms with Crippen molar-refractivity contribution < 1.29 is 4.79 Å². The van der Waals surface area contributed by atoms with Crippen LogP contribution in [0.2, 0.25) is 0 Å². The van der Waals surface area contributed by atoms with Crippen LogP contribution in [0.5, 0.6) is 0 Å². The van der Waals surface area contributed by atoms with E-state index < -0.39 is 0 Å². The second kappa shape index (κ2) is 7.53. The molecule has 5 heteroatoms. The van der Waals surface area contributed by atoms with Gasteiger partial charge in [-0.2, -0.15) is 11.8 Å². The maximum absolute atomic E-state index is 12.2. The summed E-state index contributed by atoms with van der Waals surface area (Å²) in [4.78, 5) is 16.6. The third kappa shape index (κ3) is 4.40. The molecule has 1 aliphatic rings. The van der Waals surface area contributed by atoms with Gasteiger partial charge < -0.3 is 10.6 Å². The topological polar surface area (TPSA) is 54.0 Å². The van der Waals surface area contributed by atoms with Gasteiger partial charge in [0.15, 0.2) is 0 Å². The molecule has 4 nitrogen and oxygen atoms in total. The number of aryl methyl sites for hydroxylation is 1. The second-order valence-corrected chi connectivity index (χ2v) is 6.40. The monoisotopic (exact) mass is 293 g/mol. The number of nitrogens with zero attached hydrogens (tertiary/aromatic N) is 1. The molecule has 1 aromatic heterocycles. The molecule has 2 N–H and O–H groups in total. The molecule has 1 fully saturated rings. The molecule has 1 aliphatic heterocycles. The summed E-state index contributed by atoms with van der Waals surface area (Å²) in [6, 6.07) is 3.66. The minimum atomic E-state index is 0.00730. The SMILES string of the molecule is CCNc1cc(C(=O)NCC2CCSCC2)cc(C)n1. The Morgan fingerprint density at radius 3 is 2.85 bits per heavy atom. The minimum Gasteiger partial charge on any atom is -0.370 e. The lowest BCUT2D eigenvalue weighted by atomic mass is 10.0. The first-order valence-corrected chi connectivity index (χ1v) is 8.43. The molecule has 2 heterocycles. The number of pyridine rings is 1. The maximum Gasteiger partial charge on any atom is 0.251 e. The van der Waals surface area contributed by atoms with Crippen LogP contribution in [-0.2, 0) is 0 Å². The number of thioether (sulfide) groups is 1. The first-order chi connectivity index (χ1) is 9.69. The number of hydrogen-bond donors (Lipinski definition) is 2. The van der Waals surface area contributed by atoms with Crippen molar-refractivity contribution in [2.24, 2.45) is 5.92 Å². The quantitative estimate of drug-likeness (QED) is 0.876. The van der Waals surface area contributed by atoms with Crippen molar-refractivity contribution in [2.75, 3.05) is 29.9 Å². The van der Waals surface area contributed by atoms with Gasteiger partial charge in [0.25, 0.3) is 5.91 Å². The van der Waals surface area contributed by atoms with Crippen molar-refractivity contribution in [2.45, 2.75) is 26.7 Å². The number of hydrogen-bond acceptors (Lipinski definition) is 4. The Labute approximate surface area is 125 Å². The molecule has 0 saturated carbocycles. The van der Waals surface area contributed by atoms with Crippen LogP contribution in [0.1, 0.15) is 35.8 Å². The zero-order valence-corrected chi connectivity index (χ0v) is 13.1. The van der Waals surface area contributed by atoms with Gasteiger partial charge >= 0.3 is 0 Å². The van der Waals surface area contributed by atoms with E-state index in [9.17, 15) is 4.79 Å². The highest BCUT2D eigenvalue weighted by Crippen LogP contribution is 2.22. The van der Waals surface area contributed by atoms with E-state index in [0.29, 0.717) is 11.5 Å². The number of anilines is 1. The average Bonchev–Trinajstić information content (AvgIpc) is 2.45. The van der Waals surface area contributed by atoms with Crippen LogP contribution in [-0.4, -0.2) is 35.5 Å². The van der Waals surface area contributed by atoms with Crippen LogP contribution in [0, 0.1) is 12.8 Å². The number of carbonyl (C=O) groups excluding carboxylic acids is 1. The summed E-state index contributed by atoms with van der Waals surface area (Å²) in [5.41, 5.74) is 1.56. The highest BCUT2D eigenvalue weighted by Gasteiger charge is 2.15. The van der Waals surface area contributed by atoms with Gasteiger partial charge in [0, 0.05) is 24.3 Å². The van der Waals surface area contributed by atoms with Gasteiger partial charge in [-0.3, -0.25) is 4.79 Å². The van der Waals surface area contributed by atoms with Gasteiger partial charge in [-0.15, -0.1) is 0 Å². The summed E-state index contributed by atoms with van der Waals surface area (Å²) in [6.07, 6.45) is 2.42. The van der Waals surface area contributed by atoms with Crippen LogP contribution in [0.3, 0.4) is 0 Å². The van der Waals surface area contributed by atoms with Crippen molar-refractivity contribution in [3.05, 3.63) is 23.4 Å². The second-order valence-electron chi connectivity index (χ2n) is 5.18. The van der Waals surface area contributed by atoms with Gasteiger partial charge in [-0.1, -0.05) is 0 Å². The smallest absolute Gasteiger partial charge is 0.251 e. The molecule has 2 rings (SSSR count). The van der Waals surface area contributed by atoms with E-state index in [-0.39, 0.29) is 5.91 Å². The number of rotatable bonds is 5. The van der Waals surface area contributed by atoms with Gasteiger partial charge in [0.05, 0.1) is 0 Å². The standard InChI is InChI=1S/C15H23N3OS/c1-3-16-14-9-13(8-11(2)18-14)15(19)17-10-12-4-6-20-7-5-12/h8-9,12H,3-7,10H2,1-2H3,(H,16,18)(H,17,19). The van der Waals surface area contributed by atoms with Crippen LogP contribution in [0.25, 0.3) is 0 Å². The van der Waals surface area contributed by atoms with Crippen LogP contribution >= 0.6 is 11.8 Å². The fourth-order valence-corrected chi connectivity index (χ4v) is 3.57. The lowest BCUT2D eigenvalue weighted by molar-refractivity contribution is 0.0946. The molecule has 1 aromatic rings. The molecule has 0 spiro atoms. The predicted octanol–water partition coefficient (Wildman–Crippen LogP) is 2.69. The molecule has 0 aliphatic carbocycles. The highest BCUT2D eigenvalue weighted by atomic mass is 32.2. The first-order valence-electron chi connectivity index (χ1n) is 7.27. The van der Waals surface area contributed by atoms with Gasteiger partial charge in [0.1, 0.15) is 5.82 Å². The fraction of sp³-hybridized carbons (Fsp3) is 0.600. The van der Waals surface area contributed by atoms with E-state index >= 15 is 0 Å². The highest BCUT2D eigenvalue weighted by molar-refractivity contribution is 7.99. The normalized spacial score (nSPS) is 15.9. The molecular formula is C15H23N3OS. The summed E-state index contributed by atoms with van der Waals surface area (Å²) < 4.78 is 0. The van der Waals surface area contributed by atoms with Crippen LogP contribution in [0.4, 0.5) is 5.82 Å². The molecule has 0 atom stereocenters. The molecule has 110 valence electrons. The summed E-state index contributed by atoms with van der Waals surface area (Å²) in [6.45, 7) is 5.52. The van der Waals surface area contributed by atoms with Gasteiger partial charge in [0.2, 0.25) is 0 Å². The molecule has 0 bridgehead atoms. The lowest BCUT2D eigenvalue weighted by Gasteiger charge is -2.21. The zero-order chi connectivity index (χ0) is 14.4. The number of amides is 1. The third-order valence-corrected chi connectivity index (χ3v) is 4.51. The molecular weight excluding hydrogens is 270 g/mol. The van der Waals surface area contributed by atoms with Crippen molar-refractivity contribution in [1.82, 2.24) is 10.3 Å². The maximum atomic E-state index is 12.2. The number of carbonyl (C=O) groups is 1. The van der Waals surface area contributed by atoms with E-state index in [1.165, 1.54) is 24.3 Å². The Kier molecular flexibility index (Phi) is 5.71. The fourth-order valence-electron chi connectivity index (χ4n) is 2.36. The van der Waals surface area contributed by atoms with Crippen molar-refractivity contribution in [1.29, 1.82) is 0 Å². The summed E-state index contributed by atoms with van der Waals surface area (Å²) in [7, 11) is 0. The molecule has 1 saturated heterocycles. The Hall–Kier alpha value is -1.23. The largest absolute Gasteiger partial charge is 0.370 e. The third-order valence-electron chi connectivity index (χ3n) is 3.47. The summed E-state index contributed by atoms with van der Waals surface area (Å²) in [5.74, 6) is 3.86. The van der Waals surface area contributed by atoms with E-state index in [2.05, 4.69) is 15.6 Å². The van der Waals surface area contributed by atoms with E-state index in [0.717, 1.165) is 24.6 Å². The Morgan fingerprint density at radius 1 is 1.40 bits per heavy atom. The zero-order valence-electron chi connectivity index (χ0n) is 12.2. The molecule has 0 unspecified atom stereocenters. The molecule has 1 amide bonds. The van der Waals surface area contributed by atoms with Crippen LogP contribution in [0.15, 0.2) is 12.1 Å². The van der Waals surface area contributed by atoms with Crippen molar-refractivity contribution in [3.8, 4) is 0 Å². The number of aromatic nitrogens is 1. The minimum absolute atomic E-state index is 0.00730. The first kappa shape index (κ1) is 15.2. The Morgan fingerprint density at radius 2 is 2.15 bits per heavy atom.